The zero-order valence-corrected chi connectivity index (χ0v) is 14.7. The average Bonchev–Trinajstić information content (AvgIpc) is 2.57. The highest BCUT2D eigenvalue weighted by Crippen LogP contribution is 2.20. The van der Waals surface area contributed by atoms with Gasteiger partial charge in [-0.1, -0.05) is 44.6 Å². The first-order valence-electron chi connectivity index (χ1n) is 9.29. The summed E-state index contributed by atoms with van der Waals surface area (Å²) in [6.07, 6.45) is 13.0. The highest BCUT2D eigenvalue weighted by molar-refractivity contribution is 4.69. The minimum atomic E-state index is -0.554. The Hall–Kier alpha value is -0.420. The smallest absolute Gasteiger partial charge is 0.0548 e. The van der Waals surface area contributed by atoms with Gasteiger partial charge in [0.1, 0.15) is 0 Å². The van der Waals surface area contributed by atoms with Crippen LogP contribution in [0.5, 0.6) is 0 Å². The molecule has 2 unspecified atom stereocenters. The van der Waals surface area contributed by atoms with Crippen LogP contribution in [0.15, 0.2) is 12.7 Å². The molecule has 4 heteroatoms. The summed E-state index contributed by atoms with van der Waals surface area (Å²) < 4.78 is 0. The molecule has 138 valence electrons. The van der Waals surface area contributed by atoms with Gasteiger partial charge in [-0.3, -0.25) is 0 Å². The first-order valence-corrected chi connectivity index (χ1v) is 9.29. The van der Waals surface area contributed by atoms with Gasteiger partial charge in [0.2, 0.25) is 0 Å². The molecule has 0 fully saturated rings. The lowest BCUT2D eigenvalue weighted by Crippen LogP contribution is -2.23. The molecule has 2 atom stereocenters. The van der Waals surface area contributed by atoms with Crippen LogP contribution in [0.2, 0.25) is 0 Å². The van der Waals surface area contributed by atoms with Crippen LogP contribution in [0, 0.1) is 11.8 Å². The minimum Gasteiger partial charge on any atom is -0.396 e. The maximum Gasteiger partial charge on any atom is 0.0548 e. The summed E-state index contributed by atoms with van der Waals surface area (Å²) >= 11 is 0. The van der Waals surface area contributed by atoms with Crippen LogP contribution in [0.4, 0.5) is 0 Å². The molecular formula is C19H38O4. The largest absolute Gasteiger partial charge is 0.396 e. The standard InChI is InChI=1S/C19H38O4/c1-2-3-4-5-6-7-8-9-10-11-17(14-20)12-19(23)13-18(15-21)16-22/h2,17-23H,1,3-16H2. The van der Waals surface area contributed by atoms with Gasteiger partial charge < -0.3 is 20.4 Å². The first kappa shape index (κ1) is 22.6. The van der Waals surface area contributed by atoms with Gasteiger partial charge in [-0.25, -0.2) is 0 Å². The molecule has 0 rings (SSSR count). The fourth-order valence-corrected chi connectivity index (χ4v) is 2.96. The molecule has 0 saturated heterocycles. The molecule has 0 amide bonds. The van der Waals surface area contributed by atoms with E-state index in [1.165, 1.54) is 38.5 Å². The van der Waals surface area contributed by atoms with Crippen LogP contribution in [0.1, 0.15) is 70.6 Å². The summed E-state index contributed by atoms with van der Waals surface area (Å²) in [5, 5.41) is 37.5. The number of aliphatic hydroxyl groups excluding tert-OH is 4. The second kappa shape index (κ2) is 16.4. The monoisotopic (exact) mass is 330 g/mol. The number of hydrogen-bond donors (Lipinski definition) is 4. The van der Waals surface area contributed by atoms with E-state index in [2.05, 4.69) is 6.58 Å². The number of unbranched alkanes of at least 4 members (excludes halogenated alkanes) is 7. The van der Waals surface area contributed by atoms with Gasteiger partial charge in [-0.15, -0.1) is 6.58 Å². The summed E-state index contributed by atoms with van der Waals surface area (Å²) in [6.45, 7) is 3.61. The molecule has 23 heavy (non-hydrogen) atoms. The number of allylic oxidation sites excluding steroid dienone is 1. The van der Waals surface area contributed by atoms with Crippen LogP contribution in [-0.4, -0.2) is 46.4 Å². The summed E-state index contributed by atoms with van der Waals surface area (Å²) in [7, 11) is 0. The molecule has 0 aromatic rings. The summed E-state index contributed by atoms with van der Waals surface area (Å²) in [6, 6.07) is 0. The zero-order chi connectivity index (χ0) is 17.3. The Labute approximate surface area is 142 Å². The van der Waals surface area contributed by atoms with Gasteiger partial charge in [-0.2, -0.15) is 0 Å². The summed E-state index contributed by atoms with van der Waals surface area (Å²) in [4.78, 5) is 0. The molecule has 0 saturated carbocycles. The van der Waals surface area contributed by atoms with Crippen molar-refractivity contribution >= 4 is 0 Å². The predicted molar refractivity (Wildman–Crippen MR) is 95.2 cm³/mol. The van der Waals surface area contributed by atoms with Gasteiger partial charge in [0, 0.05) is 25.7 Å². The predicted octanol–water partition coefficient (Wildman–Crippen LogP) is 3.03. The third-order valence-electron chi connectivity index (χ3n) is 4.51. The van der Waals surface area contributed by atoms with Gasteiger partial charge in [0.05, 0.1) is 6.10 Å². The Morgan fingerprint density at radius 2 is 1.17 bits per heavy atom. The lowest BCUT2D eigenvalue weighted by Gasteiger charge is -2.21. The number of hydrogen-bond acceptors (Lipinski definition) is 4. The minimum absolute atomic E-state index is 0.0987. The van der Waals surface area contributed by atoms with E-state index in [4.69, 9.17) is 10.2 Å². The number of rotatable bonds is 17. The molecule has 0 bridgehead atoms. The molecule has 0 aromatic carbocycles. The molecule has 0 heterocycles. The third-order valence-corrected chi connectivity index (χ3v) is 4.51. The molecular weight excluding hydrogens is 292 g/mol. The van der Waals surface area contributed by atoms with Gasteiger partial charge in [0.15, 0.2) is 0 Å². The molecule has 0 radical (unpaired) electrons. The van der Waals surface area contributed by atoms with E-state index in [9.17, 15) is 10.2 Å². The third kappa shape index (κ3) is 13.7. The molecule has 0 aliphatic rings. The molecule has 0 spiro atoms. The van der Waals surface area contributed by atoms with Crippen molar-refractivity contribution < 1.29 is 20.4 Å². The molecule has 0 aromatic heterocycles. The quantitative estimate of drug-likeness (QED) is 0.244. The second-order valence-electron chi connectivity index (χ2n) is 6.75. The van der Waals surface area contributed by atoms with E-state index >= 15 is 0 Å². The Morgan fingerprint density at radius 1 is 0.696 bits per heavy atom. The normalized spacial score (nSPS) is 14.1. The van der Waals surface area contributed by atoms with Crippen LogP contribution in [0.3, 0.4) is 0 Å². The maximum atomic E-state index is 9.99. The van der Waals surface area contributed by atoms with Crippen LogP contribution in [-0.2, 0) is 0 Å². The Morgan fingerprint density at radius 3 is 1.70 bits per heavy atom. The average molecular weight is 331 g/mol. The lowest BCUT2D eigenvalue weighted by atomic mass is 9.91. The zero-order valence-electron chi connectivity index (χ0n) is 14.7. The van der Waals surface area contributed by atoms with Gasteiger partial charge in [0.25, 0.3) is 0 Å². The van der Waals surface area contributed by atoms with E-state index in [1.54, 1.807) is 0 Å². The van der Waals surface area contributed by atoms with Crippen LogP contribution in [0.25, 0.3) is 0 Å². The Balaban J connectivity index is 3.63. The topological polar surface area (TPSA) is 80.9 Å². The molecule has 4 nitrogen and oxygen atoms in total. The van der Waals surface area contributed by atoms with Gasteiger partial charge in [-0.05, 0) is 38.0 Å². The van der Waals surface area contributed by atoms with E-state index in [0.29, 0.717) is 12.8 Å². The van der Waals surface area contributed by atoms with E-state index in [0.717, 1.165) is 19.3 Å². The van der Waals surface area contributed by atoms with E-state index in [-0.39, 0.29) is 31.7 Å². The lowest BCUT2D eigenvalue weighted by molar-refractivity contribution is 0.0589. The highest BCUT2D eigenvalue weighted by Gasteiger charge is 2.17. The second-order valence-corrected chi connectivity index (χ2v) is 6.75. The molecule has 4 N–H and O–H groups in total. The summed E-state index contributed by atoms with van der Waals surface area (Å²) in [5.74, 6) is -0.138. The van der Waals surface area contributed by atoms with E-state index in [1.807, 2.05) is 6.08 Å². The maximum absolute atomic E-state index is 9.99. The fourth-order valence-electron chi connectivity index (χ4n) is 2.96. The fraction of sp³-hybridized carbons (Fsp3) is 0.895. The first-order chi connectivity index (χ1) is 11.2. The van der Waals surface area contributed by atoms with Crippen molar-refractivity contribution in [3.8, 4) is 0 Å². The molecule has 0 aliphatic carbocycles. The van der Waals surface area contributed by atoms with Crippen molar-refractivity contribution in [1.82, 2.24) is 0 Å². The van der Waals surface area contributed by atoms with Crippen molar-refractivity contribution in [3.05, 3.63) is 12.7 Å². The Bertz CT molecular complexity index is 254. The highest BCUT2D eigenvalue weighted by atomic mass is 16.3. The van der Waals surface area contributed by atoms with Crippen molar-refractivity contribution in [1.29, 1.82) is 0 Å². The number of aliphatic hydroxyl groups is 4. The van der Waals surface area contributed by atoms with Gasteiger partial charge >= 0.3 is 0 Å². The SMILES string of the molecule is C=CCCCCCCCCCC(CO)CC(O)CC(CO)CO. The Kier molecular flexibility index (Phi) is 16.1. The van der Waals surface area contributed by atoms with Crippen molar-refractivity contribution in [2.75, 3.05) is 19.8 Å². The summed E-state index contributed by atoms with van der Waals surface area (Å²) in [5.41, 5.74) is 0. The van der Waals surface area contributed by atoms with Crippen LogP contribution >= 0.6 is 0 Å². The molecule has 0 aliphatic heterocycles. The van der Waals surface area contributed by atoms with Crippen molar-refractivity contribution in [2.45, 2.75) is 76.7 Å². The van der Waals surface area contributed by atoms with Crippen molar-refractivity contribution in [3.63, 3.8) is 0 Å². The van der Waals surface area contributed by atoms with Crippen LogP contribution < -0.4 is 0 Å². The van der Waals surface area contributed by atoms with E-state index < -0.39 is 6.10 Å². The van der Waals surface area contributed by atoms with Crippen molar-refractivity contribution in [2.24, 2.45) is 11.8 Å².